The lowest BCUT2D eigenvalue weighted by Gasteiger charge is -2.34. The minimum absolute atomic E-state index is 0.124. The molecule has 0 atom stereocenters. The van der Waals surface area contributed by atoms with Gasteiger partial charge in [-0.2, -0.15) is 0 Å². The summed E-state index contributed by atoms with van der Waals surface area (Å²) in [4.78, 5) is 20.6. The molecule has 9 heteroatoms. The molecule has 2 saturated heterocycles. The van der Waals surface area contributed by atoms with Gasteiger partial charge >= 0.3 is 0 Å². The van der Waals surface area contributed by atoms with Crippen LogP contribution in [0.25, 0.3) is 0 Å². The number of nitrogens with one attached hydrogen (secondary N) is 2. The normalized spacial score (nSPS) is 18.6. The standard InChI is InChI=1S/C23H30Cl2N4O3/c1-16-20(24)21(25)22(26-16)23(30)27-18-4-2-3-5-19(18)32-17-6-8-28(9-7-17)10-11-29-12-14-31-15-13-29/h2-5,17,26H,6-15H2,1H3,(H,27,30). The van der Waals surface area contributed by atoms with Crippen LogP contribution in [-0.4, -0.2) is 79.3 Å². The Bertz CT molecular complexity index is 922. The quantitative estimate of drug-likeness (QED) is 0.625. The first-order valence-electron chi connectivity index (χ1n) is 11.1. The molecule has 4 rings (SSSR count). The number of H-pyrrole nitrogens is 1. The number of rotatable bonds is 7. The molecule has 0 spiro atoms. The number of amides is 1. The first-order valence-corrected chi connectivity index (χ1v) is 11.9. The molecule has 0 bridgehead atoms. The number of aromatic nitrogens is 1. The highest BCUT2D eigenvalue weighted by Gasteiger charge is 2.23. The van der Waals surface area contributed by atoms with Crippen molar-refractivity contribution in [1.29, 1.82) is 0 Å². The fourth-order valence-electron chi connectivity index (χ4n) is 4.12. The predicted molar refractivity (Wildman–Crippen MR) is 127 cm³/mol. The SMILES string of the molecule is Cc1[nH]c(C(=O)Nc2ccccc2OC2CCN(CCN3CCOCC3)CC2)c(Cl)c1Cl. The summed E-state index contributed by atoms with van der Waals surface area (Å²) in [5.41, 5.74) is 1.52. The van der Waals surface area contributed by atoms with Crippen LogP contribution in [0.1, 0.15) is 29.0 Å². The number of nitrogens with zero attached hydrogens (tertiary/aromatic N) is 2. The van der Waals surface area contributed by atoms with E-state index in [-0.39, 0.29) is 22.7 Å². The third-order valence-corrected chi connectivity index (χ3v) is 7.03. The third-order valence-electron chi connectivity index (χ3n) is 6.08. The molecule has 3 heterocycles. The van der Waals surface area contributed by atoms with Crippen molar-refractivity contribution >= 4 is 34.8 Å². The van der Waals surface area contributed by atoms with Crippen LogP contribution in [0.2, 0.25) is 10.0 Å². The van der Waals surface area contributed by atoms with Gasteiger partial charge in [0.1, 0.15) is 17.5 Å². The maximum absolute atomic E-state index is 12.7. The summed E-state index contributed by atoms with van der Waals surface area (Å²) in [7, 11) is 0. The predicted octanol–water partition coefficient (Wildman–Crippen LogP) is 4.06. The molecule has 0 aliphatic carbocycles. The second-order valence-electron chi connectivity index (χ2n) is 8.32. The van der Waals surface area contributed by atoms with Crippen molar-refractivity contribution in [1.82, 2.24) is 14.8 Å². The van der Waals surface area contributed by atoms with Gasteiger partial charge in [-0.1, -0.05) is 35.3 Å². The molecule has 7 nitrogen and oxygen atoms in total. The van der Waals surface area contributed by atoms with Gasteiger partial charge in [0.25, 0.3) is 5.91 Å². The maximum atomic E-state index is 12.7. The summed E-state index contributed by atoms with van der Waals surface area (Å²) < 4.78 is 11.7. The van der Waals surface area contributed by atoms with Gasteiger partial charge in [-0.3, -0.25) is 9.69 Å². The Morgan fingerprint density at radius 1 is 1.09 bits per heavy atom. The number of morpholine rings is 1. The van der Waals surface area contributed by atoms with Crippen molar-refractivity contribution in [2.75, 3.05) is 57.8 Å². The summed E-state index contributed by atoms with van der Waals surface area (Å²) in [5, 5.41) is 3.49. The molecule has 2 aromatic rings. The molecule has 1 amide bonds. The number of anilines is 1. The molecule has 2 fully saturated rings. The number of carbonyl (C=O) groups excluding carboxylic acids is 1. The highest BCUT2D eigenvalue weighted by molar-refractivity contribution is 6.44. The van der Waals surface area contributed by atoms with Gasteiger partial charge in [0, 0.05) is 45.0 Å². The molecule has 0 unspecified atom stereocenters. The van der Waals surface area contributed by atoms with E-state index >= 15 is 0 Å². The summed E-state index contributed by atoms with van der Waals surface area (Å²) in [6.45, 7) is 9.72. The van der Waals surface area contributed by atoms with Gasteiger partial charge in [-0.05, 0) is 31.9 Å². The number of piperidine rings is 1. The van der Waals surface area contributed by atoms with Crippen LogP contribution < -0.4 is 10.1 Å². The lowest BCUT2D eigenvalue weighted by atomic mass is 10.1. The number of ether oxygens (including phenoxy) is 2. The van der Waals surface area contributed by atoms with Crippen LogP contribution in [0.5, 0.6) is 5.75 Å². The number of aromatic amines is 1. The van der Waals surface area contributed by atoms with Crippen LogP contribution in [0.4, 0.5) is 5.69 Å². The molecular formula is C23H30Cl2N4O3. The minimum atomic E-state index is -0.348. The maximum Gasteiger partial charge on any atom is 0.273 e. The largest absolute Gasteiger partial charge is 0.488 e. The van der Waals surface area contributed by atoms with E-state index in [1.54, 1.807) is 6.92 Å². The fraction of sp³-hybridized carbons (Fsp3) is 0.522. The van der Waals surface area contributed by atoms with E-state index in [9.17, 15) is 4.79 Å². The van der Waals surface area contributed by atoms with Crippen LogP contribution in [0.3, 0.4) is 0 Å². The van der Waals surface area contributed by atoms with Crippen LogP contribution in [-0.2, 0) is 4.74 Å². The first kappa shape index (κ1) is 23.4. The average Bonchev–Trinajstić information content (AvgIpc) is 3.08. The Hall–Kier alpha value is -1.77. The van der Waals surface area contributed by atoms with Crippen molar-refractivity contribution in [2.24, 2.45) is 0 Å². The zero-order valence-electron chi connectivity index (χ0n) is 18.3. The van der Waals surface area contributed by atoms with Gasteiger partial charge in [-0.25, -0.2) is 0 Å². The molecular weight excluding hydrogens is 451 g/mol. The van der Waals surface area contributed by atoms with E-state index in [0.717, 1.165) is 65.3 Å². The molecule has 1 aromatic carbocycles. The van der Waals surface area contributed by atoms with Gasteiger partial charge in [-0.15, -0.1) is 0 Å². The Morgan fingerprint density at radius 2 is 1.75 bits per heavy atom. The highest BCUT2D eigenvalue weighted by atomic mass is 35.5. The molecule has 2 aliphatic heterocycles. The number of halogens is 2. The van der Waals surface area contributed by atoms with E-state index < -0.39 is 0 Å². The minimum Gasteiger partial charge on any atom is -0.488 e. The van der Waals surface area contributed by atoms with Crippen molar-refractivity contribution in [3.8, 4) is 5.75 Å². The van der Waals surface area contributed by atoms with Crippen molar-refractivity contribution < 1.29 is 14.3 Å². The highest BCUT2D eigenvalue weighted by Crippen LogP contribution is 2.31. The molecule has 1 aromatic heterocycles. The summed E-state index contributed by atoms with van der Waals surface area (Å²) >= 11 is 12.3. The Kier molecular flexibility index (Phi) is 7.97. The Labute approximate surface area is 198 Å². The summed E-state index contributed by atoms with van der Waals surface area (Å²) in [5.74, 6) is 0.317. The van der Waals surface area contributed by atoms with Gasteiger partial charge in [0.05, 0.1) is 28.9 Å². The average molecular weight is 481 g/mol. The van der Waals surface area contributed by atoms with E-state index in [2.05, 4.69) is 20.1 Å². The third kappa shape index (κ3) is 5.77. The number of hydrogen-bond acceptors (Lipinski definition) is 5. The fourth-order valence-corrected chi connectivity index (χ4v) is 4.54. The number of hydrogen-bond donors (Lipinski definition) is 2. The van der Waals surface area contributed by atoms with E-state index in [0.29, 0.717) is 22.2 Å². The lowest BCUT2D eigenvalue weighted by molar-refractivity contribution is 0.0289. The zero-order valence-corrected chi connectivity index (χ0v) is 19.8. The molecule has 0 saturated carbocycles. The van der Waals surface area contributed by atoms with Crippen molar-refractivity contribution in [2.45, 2.75) is 25.9 Å². The summed E-state index contributed by atoms with van der Waals surface area (Å²) in [6.07, 6.45) is 2.05. The second kappa shape index (κ2) is 10.9. The molecule has 174 valence electrons. The van der Waals surface area contributed by atoms with Crippen molar-refractivity contribution in [3.63, 3.8) is 0 Å². The summed E-state index contributed by atoms with van der Waals surface area (Å²) in [6, 6.07) is 7.49. The number of aryl methyl sites for hydroxylation is 1. The molecule has 2 N–H and O–H groups in total. The Morgan fingerprint density at radius 3 is 2.41 bits per heavy atom. The number of para-hydroxylation sites is 2. The zero-order chi connectivity index (χ0) is 22.5. The Balaban J connectivity index is 1.30. The van der Waals surface area contributed by atoms with Crippen LogP contribution in [0, 0.1) is 6.92 Å². The molecule has 2 aliphatic rings. The number of benzene rings is 1. The lowest BCUT2D eigenvalue weighted by Crippen LogP contribution is -2.44. The van der Waals surface area contributed by atoms with Crippen LogP contribution in [0.15, 0.2) is 24.3 Å². The topological polar surface area (TPSA) is 69.8 Å². The molecule has 0 radical (unpaired) electrons. The number of likely N-dealkylation sites (tertiary alicyclic amines) is 1. The van der Waals surface area contributed by atoms with E-state index in [1.807, 2.05) is 24.3 Å². The second-order valence-corrected chi connectivity index (χ2v) is 9.07. The van der Waals surface area contributed by atoms with Crippen LogP contribution >= 0.6 is 23.2 Å². The van der Waals surface area contributed by atoms with Gasteiger partial charge < -0.3 is 24.7 Å². The molecule has 32 heavy (non-hydrogen) atoms. The van der Waals surface area contributed by atoms with E-state index in [4.69, 9.17) is 32.7 Å². The van der Waals surface area contributed by atoms with Gasteiger partial charge in [0.15, 0.2) is 0 Å². The smallest absolute Gasteiger partial charge is 0.273 e. The van der Waals surface area contributed by atoms with Gasteiger partial charge in [0.2, 0.25) is 0 Å². The number of carbonyl (C=O) groups is 1. The van der Waals surface area contributed by atoms with E-state index in [1.165, 1.54) is 0 Å². The van der Waals surface area contributed by atoms with Crippen molar-refractivity contribution in [3.05, 3.63) is 45.7 Å². The monoisotopic (exact) mass is 480 g/mol. The first-order chi connectivity index (χ1) is 15.5.